The SMILES string of the molecule is O=C(NC1CCC1)c1cc2sc(O[C@@H]3CCNC3)nc2s1. The van der Waals surface area contributed by atoms with Gasteiger partial charge in [-0.15, -0.1) is 11.3 Å². The Morgan fingerprint density at radius 2 is 2.29 bits per heavy atom. The Morgan fingerprint density at radius 3 is 2.95 bits per heavy atom. The van der Waals surface area contributed by atoms with Crippen molar-refractivity contribution in [2.24, 2.45) is 0 Å². The zero-order valence-corrected chi connectivity index (χ0v) is 13.2. The van der Waals surface area contributed by atoms with Crippen LogP contribution in [0.3, 0.4) is 0 Å². The van der Waals surface area contributed by atoms with E-state index in [0.717, 1.165) is 52.0 Å². The third-order valence-electron chi connectivity index (χ3n) is 4.02. The van der Waals surface area contributed by atoms with Crippen molar-refractivity contribution in [2.45, 2.75) is 37.8 Å². The highest BCUT2D eigenvalue weighted by atomic mass is 32.1. The van der Waals surface area contributed by atoms with Gasteiger partial charge in [-0.2, -0.15) is 4.98 Å². The molecule has 0 unspecified atom stereocenters. The summed E-state index contributed by atoms with van der Waals surface area (Å²) in [6.45, 7) is 1.90. The minimum Gasteiger partial charge on any atom is -0.465 e. The van der Waals surface area contributed by atoms with Gasteiger partial charge in [-0.05, 0) is 38.3 Å². The lowest BCUT2D eigenvalue weighted by molar-refractivity contribution is 0.0921. The minimum atomic E-state index is 0.0392. The quantitative estimate of drug-likeness (QED) is 0.907. The summed E-state index contributed by atoms with van der Waals surface area (Å²) in [5.41, 5.74) is 0. The zero-order chi connectivity index (χ0) is 14.2. The predicted molar refractivity (Wildman–Crippen MR) is 84.5 cm³/mol. The lowest BCUT2D eigenvalue weighted by Crippen LogP contribution is -2.39. The van der Waals surface area contributed by atoms with Gasteiger partial charge in [0.2, 0.25) is 0 Å². The fraction of sp³-hybridized carbons (Fsp3) is 0.571. The van der Waals surface area contributed by atoms with Gasteiger partial charge in [-0.3, -0.25) is 4.79 Å². The molecule has 1 amide bonds. The van der Waals surface area contributed by atoms with Crippen LogP contribution in [0.4, 0.5) is 0 Å². The van der Waals surface area contributed by atoms with E-state index >= 15 is 0 Å². The van der Waals surface area contributed by atoms with Gasteiger partial charge in [0.25, 0.3) is 11.1 Å². The van der Waals surface area contributed by atoms with Gasteiger partial charge in [0.05, 0.1) is 9.58 Å². The molecular formula is C14H17N3O2S2. The molecule has 0 spiro atoms. The lowest BCUT2D eigenvalue weighted by atomic mass is 9.93. The summed E-state index contributed by atoms with van der Waals surface area (Å²) in [6.07, 6.45) is 4.70. The number of thiophene rings is 1. The van der Waals surface area contributed by atoms with Crippen LogP contribution in [0.5, 0.6) is 5.19 Å². The Labute approximate surface area is 130 Å². The van der Waals surface area contributed by atoms with E-state index in [4.69, 9.17) is 4.74 Å². The third kappa shape index (κ3) is 2.77. The summed E-state index contributed by atoms with van der Waals surface area (Å²) in [5.74, 6) is 0.0392. The molecule has 4 rings (SSSR count). The lowest BCUT2D eigenvalue weighted by Gasteiger charge is -2.25. The monoisotopic (exact) mass is 323 g/mol. The molecular weight excluding hydrogens is 306 g/mol. The Bertz CT molecular complexity index is 625. The first kappa shape index (κ1) is 13.5. The van der Waals surface area contributed by atoms with Gasteiger partial charge in [0.1, 0.15) is 10.9 Å². The van der Waals surface area contributed by atoms with Gasteiger partial charge >= 0.3 is 0 Å². The van der Waals surface area contributed by atoms with Crippen molar-refractivity contribution in [3.63, 3.8) is 0 Å². The molecule has 0 bridgehead atoms. The van der Waals surface area contributed by atoms with Crippen LogP contribution in [0.15, 0.2) is 6.07 Å². The molecule has 1 atom stereocenters. The second-order valence-corrected chi connectivity index (χ2v) is 7.62. The van der Waals surface area contributed by atoms with Crippen molar-refractivity contribution >= 4 is 38.1 Å². The van der Waals surface area contributed by atoms with Gasteiger partial charge < -0.3 is 15.4 Å². The van der Waals surface area contributed by atoms with Crippen molar-refractivity contribution in [3.8, 4) is 5.19 Å². The molecule has 2 aliphatic rings. The maximum Gasteiger partial charge on any atom is 0.275 e. The van der Waals surface area contributed by atoms with E-state index in [-0.39, 0.29) is 12.0 Å². The molecule has 3 heterocycles. The molecule has 5 nitrogen and oxygen atoms in total. The summed E-state index contributed by atoms with van der Waals surface area (Å²) in [7, 11) is 0. The van der Waals surface area contributed by atoms with Gasteiger partial charge in [0.15, 0.2) is 0 Å². The van der Waals surface area contributed by atoms with E-state index < -0.39 is 0 Å². The molecule has 2 N–H and O–H groups in total. The van der Waals surface area contributed by atoms with Crippen LogP contribution in [0.25, 0.3) is 9.53 Å². The molecule has 1 aliphatic carbocycles. The molecule has 2 fully saturated rings. The predicted octanol–water partition coefficient (Wildman–Crippen LogP) is 2.38. The standard InChI is InChI=1S/C14H17N3O2S2/c18-12(16-8-2-1-3-8)10-6-11-13(20-10)17-14(21-11)19-9-4-5-15-7-9/h6,8-9,15H,1-5,7H2,(H,16,18)/t9-/m1/s1. The van der Waals surface area contributed by atoms with E-state index in [2.05, 4.69) is 15.6 Å². The van der Waals surface area contributed by atoms with E-state index in [0.29, 0.717) is 6.04 Å². The topological polar surface area (TPSA) is 63.2 Å². The number of hydrogen-bond donors (Lipinski definition) is 2. The number of carbonyl (C=O) groups excluding carboxylic acids is 1. The number of hydrogen-bond acceptors (Lipinski definition) is 6. The molecule has 1 saturated heterocycles. The van der Waals surface area contributed by atoms with E-state index in [1.165, 1.54) is 29.1 Å². The molecule has 0 radical (unpaired) electrons. The fourth-order valence-corrected chi connectivity index (χ4v) is 4.58. The molecule has 7 heteroatoms. The number of amides is 1. The maximum atomic E-state index is 12.1. The average molecular weight is 323 g/mol. The number of thiazole rings is 1. The van der Waals surface area contributed by atoms with Crippen LogP contribution in [0.2, 0.25) is 0 Å². The molecule has 2 aromatic heterocycles. The summed E-state index contributed by atoms with van der Waals surface area (Å²) >= 11 is 2.98. The van der Waals surface area contributed by atoms with Crippen LogP contribution in [0.1, 0.15) is 35.4 Å². The largest absolute Gasteiger partial charge is 0.465 e. The third-order valence-corrected chi connectivity index (χ3v) is 6.07. The number of aromatic nitrogens is 1. The first-order chi connectivity index (χ1) is 10.3. The Kier molecular flexibility index (Phi) is 3.56. The average Bonchev–Trinajstić information content (AvgIpc) is 3.09. The molecule has 21 heavy (non-hydrogen) atoms. The van der Waals surface area contributed by atoms with Gasteiger partial charge in [-0.1, -0.05) is 11.3 Å². The highest BCUT2D eigenvalue weighted by Crippen LogP contribution is 2.35. The van der Waals surface area contributed by atoms with Crippen LogP contribution in [-0.2, 0) is 0 Å². The Balaban J connectivity index is 1.46. The van der Waals surface area contributed by atoms with Gasteiger partial charge in [0, 0.05) is 12.6 Å². The normalized spacial score (nSPS) is 22.4. The fourth-order valence-electron chi connectivity index (χ4n) is 2.56. The van der Waals surface area contributed by atoms with Crippen LogP contribution >= 0.6 is 22.7 Å². The summed E-state index contributed by atoms with van der Waals surface area (Å²) in [6, 6.07) is 2.31. The first-order valence-corrected chi connectivity index (χ1v) is 9.00. The number of carbonyl (C=O) groups is 1. The maximum absolute atomic E-state index is 12.1. The van der Waals surface area contributed by atoms with Crippen molar-refractivity contribution in [2.75, 3.05) is 13.1 Å². The number of rotatable bonds is 4. The Morgan fingerprint density at radius 1 is 1.38 bits per heavy atom. The van der Waals surface area contributed by atoms with Gasteiger partial charge in [-0.25, -0.2) is 0 Å². The highest BCUT2D eigenvalue weighted by molar-refractivity contribution is 7.28. The summed E-state index contributed by atoms with van der Waals surface area (Å²) in [5, 5.41) is 7.06. The van der Waals surface area contributed by atoms with Crippen molar-refractivity contribution < 1.29 is 9.53 Å². The van der Waals surface area contributed by atoms with Crippen LogP contribution in [0, 0.1) is 0 Å². The second kappa shape index (κ2) is 5.55. The van der Waals surface area contributed by atoms with E-state index in [1.54, 1.807) is 0 Å². The molecule has 2 aromatic rings. The smallest absolute Gasteiger partial charge is 0.275 e. The number of fused-ring (bicyclic) bond motifs is 1. The van der Waals surface area contributed by atoms with E-state index in [9.17, 15) is 4.79 Å². The van der Waals surface area contributed by atoms with Crippen LogP contribution in [-0.4, -0.2) is 36.1 Å². The first-order valence-electron chi connectivity index (χ1n) is 7.36. The molecule has 1 saturated carbocycles. The summed E-state index contributed by atoms with van der Waals surface area (Å²) in [4.78, 5) is 18.3. The van der Waals surface area contributed by atoms with Crippen LogP contribution < -0.4 is 15.4 Å². The zero-order valence-electron chi connectivity index (χ0n) is 11.6. The summed E-state index contributed by atoms with van der Waals surface area (Å²) < 4.78 is 6.90. The molecule has 1 aliphatic heterocycles. The number of ether oxygens (including phenoxy) is 1. The molecule has 0 aromatic carbocycles. The molecule has 112 valence electrons. The van der Waals surface area contributed by atoms with Crippen molar-refractivity contribution in [1.29, 1.82) is 0 Å². The second-order valence-electron chi connectivity index (χ2n) is 5.59. The Hall–Kier alpha value is -1.18. The van der Waals surface area contributed by atoms with Crippen molar-refractivity contribution in [3.05, 3.63) is 10.9 Å². The van der Waals surface area contributed by atoms with Crippen molar-refractivity contribution in [1.82, 2.24) is 15.6 Å². The number of nitrogens with one attached hydrogen (secondary N) is 2. The number of nitrogens with zero attached hydrogens (tertiary/aromatic N) is 1. The minimum absolute atomic E-state index is 0.0392. The highest BCUT2D eigenvalue weighted by Gasteiger charge is 2.23. The van der Waals surface area contributed by atoms with E-state index in [1.807, 2.05) is 6.07 Å².